The molecule has 0 saturated carbocycles. The van der Waals surface area contributed by atoms with E-state index in [4.69, 9.17) is 0 Å². The van der Waals surface area contributed by atoms with Crippen LogP contribution in [0, 0.1) is 0 Å². The lowest BCUT2D eigenvalue weighted by molar-refractivity contribution is 1.47. The molecule has 0 fully saturated rings. The number of thiophene rings is 1. The third-order valence-corrected chi connectivity index (χ3v) is 3.59. The molecule has 0 N–H and O–H groups in total. The van der Waals surface area contributed by atoms with Gasteiger partial charge < -0.3 is 0 Å². The molecule has 1 aromatic heterocycles. The molecule has 0 aliphatic rings. The van der Waals surface area contributed by atoms with Gasteiger partial charge in [0.15, 0.2) is 0 Å². The van der Waals surface area contributed by atoms with Crippen molar-refractivity contribution in [1.29, 1.82) is 0 Å². The normalized spacial score (nSPS) is 10.3. The molecule has 112 valence electrons. The molecule has 1 heterocycles. The number of benzene rings is 1. The van der Waals surface area contributed by atoms with E-state index in [9.17, 15) is 0 Å². The van der Waals surface area contributed by atoms with Crippen molar-refractivity contribution in [3.63, 3.8) is 0 Å². The zero-order valence-corrected chi connectivity index (χ0v) is 12.0. The summed E-state index contributed by atoms with van der Waals surface area (Å²) in [6, 6.07) is 8.26. The van der Waals surface area contributed by atoms with Crippen LogP contribution in [0.4, 0.5) is 11.4 Å². The van der Waals surface area contributed by atoms with Crippen LogP contribution in [0.3, 0.4) is 0 Å². The summed E-state index contributed by atoms with van der Waals surface area (Å²) in [5.41, 5.74) is 6.00. The molecule has 0 bridgehead atoms. The summed E-state index contributed by atoms with van der Waals surface area (Å²) >= 11 is 1.58. The predicted molar refractivity (Wildman–Crippen MR) is 100 cm³/mol. The molecule has 0 amide bonds. The molecule has 0 spiro atoms. The first kappa shape index (κ1) is 19.0. The third kappa shape index (κ3) is 4.50. The van der Waals surface area contributed by atoms with E-state index in [0.717, 1.165) is 33.8 Å². The number of hydrogen-bond donors (Lipinski definition) is 0. The minimum atomic E-state index is 0. The van der Waals surface area contributed by atoms with Gasteiger partial charge in [0.1, 0.15) is 0 Å². The molecule has 2 nitrogen and oxygen atoms in total. The lowest BCUT2D eigenvalue weighted by Crippen LogP contribution is -1.93. The third-order valence-electron chi connectivity index (χ3n) is 2.88. The molecular formula is C18H24N2S. The van der Waals surface area contributed by atoms with E-state index in [1.807, 2.05) is 24.6 Å². The van der Waals surface area contributed by atoms with E-state index >= 15 is 0 Å². The molecule has 0 radical (unpaired) electrons. The van der Waals surface area contributed by atoms with Crippen molar-refractivity contribution in [1.82, 2.24) is 0 Å². The maximum Gasteiger partial charge on any atom is 0.0996 e. The van der Waals surface area contributed by atoms with Gasteiger partial charge in [-0.3, -0.25) is 4.99 Å². The maximum absolute atomic E-state index is 4.61. The van der Waals surface area contributed by atoms with Crippen molar-refractivity contribution in [2.75, 3.05) is 0 Å². The van der Waals surface area contributed by atoms with Crippen molar-refractivity contribution >= 4 is 40.7 Å². The van der Waals surface area contributed by atoms with Crippen LogP contribution in [0.15, 0.2) is 51.6 Å². The lowest BCUT2D eigenvalue weighted by Gasteiger charge is -2.03. The molecule has 0 unspecified atom stereocenters. The van der Waals surface area contributed by atoms with Gasteiger partial charge in [-0.05, 0) is 31.7 Å². The Balaban J connectivity index is 0.00000200. The van der Waals surface area contributed by atoms with Crippen LogP contribution in [0.1, 0.15) is 39.8 Å². The Kier molecular flexibility index (Phi) is 7.53. The predicted octanol–water partition coefficient (Wildman–Crippen LogP) is 6.53. The Morgan fingerprint density at radius 3 is 2.00 bits per heavy atom. The quantitative estimate of drug-likeness (QED) is 0.574. The fraction of sp³-hybridized carbons (Fsp3) is 0.222. The van der Waals surface area contributed by atoms with Gasteiger partial charge in [-0.15, -0.1) is 11.3 Å². The smallest absolute Gasteiger partial charge is 0.0996 e. The maximum atomic E-state index is 4.61. The highest BCUT2D eigenvalue weighted by Gasteiger charge is 2.03. The van der Waals surface area contributed by atoms with Gasteiger partial charge >= 0.3 is 0 Å². The topological polar surface area (TPSA) is 24.7 Å². The van der Waals surface area contributed by atoms with E-state index in [2.05, 4.69) is 47.5 Å². The van der Waals surface area contributed by atoms with E-state index in [-0.39, 0.29) is 14.9 Å². The Hall–Kier alpha value is -2.00. The summed E-state index contributed by atoms with van der Waals surface area (Å²) in [7, 11) is 0. The molecule has 0 atom stereocenters. The number of hydrogen-bond acceptors (Lipinski definition) is 3. The number of rotatable bonds is 4. The molecule has 2 rings (SSSR count). The van der Waals surface area contributed by atoms with Crippen molar-refractivity contribution in [3.8, 4) is 0 Å². The number of aliphatic imine (C=N–C) groups is 2. The number of allylic oxidation sites excluding steroid dienone is 1. The Labute approximate surface area is 132 Å². The molecule has 2 aromatic rings. The first-order chi connectivity index (χ1) is 9.11. The van der Waals surface area contributed by atoms with E-state index in [1.54, 1.807) is 11.3 Å². The lowest BCUT2D eigenvalue weighted by atomic mass is 10.0. The fourth-order valence-corrected chi connectivity index (χ4v) is 2.42. The standard InChI is InChI=1S/C16H16N2S.2CH4/c1-11(2)13-5-7-14(8-6-13)12(3)18-16-10-19-9-15(16)17-4;;/h5-10H,1,4H2,2-3H3;2*1H4. The van der Waals surface area contributed by atoms with Gasteiger partial charge in [0.25, 0.3) is 0 Å². The molecule has 3 heteroatoms. The SMILES string of the molecule is C.C.C=Nc1cscc1N=C(C)c1ccc(C(=C)C)cc1. The molecule has 0 saturated heterocycles. The Bertz CT molecular complexity index is 633. The zero-order chi connectivity index (χ0) is 13.8. The summed E-state index contributed by atoms with van der Waals surface area (Å²) in [6.07, 6.45) is 0. The van der Waals surface area contributed by atoms with Gasteiger partial charge in [-0.1, -0.05) is 51.3 Å². The van der Waals surface area contributed by atoms with Crippen LogP contribution in [-0.2, 0) is 0 Å². The number of nitrogens with zero attached hydrogens (tertiary/aromatic N) is 2. The molecule has 0 aliphatic carbocycles. The fourth-order valence-electron chi connectivity index (χ4n) is 1.73. The Morgan fingerprint density at radius 2 is 1.48 bits per heavy atom. The molecule has 21 heavy (non-hydrogen) atoms. The summed E-state index contributed by atoms with van der Waals surface area (Å²) in [5, 5.41) is 3.93. The molecule has 1 aromatic carbocycles. The first-order valence-electron chi connectivity index (χ1n) is 5.96. The highest BCUT2D eigenvalue weighted by molar-refractivity contribution is 7.08. The van der Waals surface area contributed by atoms with Crippen molar-refractivity contribution in [2.45, 2.75) is 28.7 Å². The summed E-state index contributed by atoms with van der Waals surface area (Å²) < 4.78 is 0. The van der Waals surface area contributed by atoms with Crippen molar-refractivity contribution in [3.05, 3.63) is 52.7 Å². The average Bonchev–Trinajstić information content (AvgIpc) is 2.86. The molecular weight excluding hydrogens is 276 g/mol. The van der Waals surface area contributed by atoms with Crippen LogP contribution in [0.2, 0.25) is 0 Å². The van der Waals surface area contributed by atoms with Crippen molar-refractivity contribution < 1.29 is 0 Å². The van der Waals surface area contributed by atoms with Crippen molar-refractivity contribution in [2.24, 2.45) is 9.98 Å². The second-order valence-corrected chi connectivity index (χ2v) is 5.10. The van der Waals surface area contributed by atoms with Crippen LogP contribution in [0.5, 0.6) is 0 Å². The second kappa shape index (κ2) is 8.32. The molecule has 0 aliphatic heterocycles. The first-order valence-corrected chi connectivity index (χ1v) is 6.90. The van der Waals surface area contributed by atoms with Gasteiger partial charge in [0.2, 0.25) is 0 Å². The minimum absolute atomic E-state index is 0. The summed E-state index contributed by atoms with van der Waals surface area (Å²) in [4.78, 5) is 8.56. The second-order valence-electron chi connectivity index (χ2n) is 4.36. The van der Waals surface area contributed by atoms with E-state index < -0.39 is 0 Å². The summed E-state index contributed by atoms with van der Waals surface area (Å²) in [6.45, 7) is 11.5. The highest BCUT2D eigenvalue weighted by Crippen LogP contribution is 2.32. The van der Waals surface area contributed by atoms with Gasteiger partial charge in [0.05, 0.1) is 11.4 Å². The van der Waals surface area contributed by atoms with Gasteiger partial charge in [-0.25, -0.2) is 4.99 Å². The van der Waals surface area contributed by atoms with E-state index in [0.29, 0.717) is 0 Å². The van der Waals surface area contributed by atoms with Gasteiger partial charge in [-0.2, -0.15) is 0 Å². The average molecular weight is 300 g/mol. The largest absolute Gasteiger partial charge is 0.262 e. The van der Waals surface area contributed by atoms with Gasteiger partial charge in [0, 0.05) is 16.5 Å². The van der Waals surface area contributed by atoms with E-state index in [1.165, 1.54) is 0 Å². The van der Waals surface area contributed by atoms with Crippen LogP contribution in [-0.4, -0.2) is 12.4 Å². The highest BCUT2D eigenvalue weighted by atomic mass is 32.1. The minimum Gasteiger partial charge on any atom is -0.262 e. The van der Waals surface area contributed by atoms with Crippen LogP contribution < -0.4 is 0 Å². The van der Waals surface area contributed by atoms with Crippen LogP contribution in [0.25, 0.3) is 5.57 Å². The Morgan fingerprint density at radius 1 is 0.952 bits per heavy atom. The zero-order valence-electron chi connectivity index (χ0n) is 11.2. The summed E-state index contributed by atoms with van der Waals surface area (Å²) in [5.74, 6) is 0. The van der Waals surface area contributed by atoms with Crippen LogP contribution >= 0.6 is 11.3 Å². The monoisotopic (exact) mass is 300 g/mol.